The van der Waals surface area contributed by atoms with Crippen molar-refractivity contribution in [3.05, 3.63) is 66.5 Å². The number of halogens is 2. The van der Waals surface area contributed by atoms with Crippen LogP contribution in [0.3, 0.4) is 0 Å². The minimum absolute atomic E-state index is 0.414. The molecule has 1 aliphatic rings. The maximum atomic E-state index is 14.0. The van der Waals surface area contributed by atoms with Gasteiger partial charge in [0.1, 0.15) is 35.3 Å². The largest absolute Gasteiger partial charge is 0.490 e. The number of hydrogen-bond acceptors (Lipinski definition) is 7. The standard InChI is InChI=1S/C27H28F2N6O/c1-30-27-23-14-20(19-12-21(28)16-22(29)13-19)15-24(36-11-10-35-8-6-34(2)7-9-35)25(23)32-26(33-27)18-4-3-5-31-17-18/h3-5,12-17H,6-11H2,1-2H3,(H,30,32,33). The lowest BCUT2D eigenvalue weighted by molar-refractivity contribution is 0.134. The number of ether oxygens (including phenoxy) is 1. The molecule has 5 rings (SSSR count). The van der Waals surface area contributed by atoms with Gasteiger partial charge >= 0.3 is 0 Å². The summed E-state index contributed by atoms with van der Waals surface area (Å²) >= 11 is 0. The number of rotatable bonds is 7. The average molecular weight is 491 g/mol. The summed E-state index contributed by atoms with van der Waals surface area (Å²) < 4.78 is 34.3. The van der Waals surface area contributed by atoms with Crippen molar-refractivity contribution in [2.24, 2.45) is 0 Å². The smallest absolute Gasteiger partial charge is 0.163 e. The number of benzene rings is 2. The van der Waals surface area contributed by atoms with Crippen LogP contribution in [0.2, 0.25) is 0 Å². The molecule has 1 fully saturated rings. The Labute approximate surface area is 208 Å². The topological polar surface area (TPSA) is 66.4 Å². The number of nitrogens with zero attached hydrogens (tertiary/aromatic N) is 5. The van der Waals surface area contributed by atoms with E-state index in [1.165, 1.54) is 12.1 Å². The Bertz CT molecular complexity index is 1340. The fourth-order valence-electron chi connectivity index (χ4n) is 4.37. The highest BCUT2D eigenvalue weighted by atomic mass is 19.1. The molecule has 0 saturated carbocycles. The third-order valence-corrected chi connectivity index (χ3v) is 6.38. The van der Waals surface area contributed by atoms with Crippen molar-refractivity contribution in [3.63, 3.8) is 0 Å². The third-order valence-electron chi connectivity index (χ3n) is 6.38. The zero-order valence-electron chi connectivity index (χ0n) is 20.3. The van der Waals surface area contributed by atoms with Gasteiger partial charge in [0.2, 0.25) is 0 Å². The molecule has 0 atom stereocenters. The fraction of sp³-hybridized carbons (Fsp3) is 0.296. The van der Waals surface area contributed by atoms with E-state index in [1.54, 1.807) is 25.5 Å². The minimum Gasteiger partial charge on any atom is -0.490 e. The van der Waals surface area contributed by atoms with Gasteiger partial charge in [-0.1, -0.05) is 0 Å². The fourth-order valence-corrected chi connectivity index (χ4v) is 4.37. The van der Waals surface area contributed by atoms with Crippen LogP contribution in [-0.4, -0.2) is 78.2 Å². The summed E-state index contributed by atoms with van der Waals surface area (Å²) in [4.78, 5) is 18.4. The first-order valence-electron chi connectivity index (χ1n) is 11.9. The van der Waals surface area contributed by atoms with Gasteiger partial charge in [-0.15, -0.1) is 0 Å². The van der Waals surface area contributed by atoms with Gasteiger partial charge in [0.05, 0.1) is 0 Å². The predicted molar refractivity (Wildman–Crippen MR) is 137 cm³/mol. The van der Waals surface area contributed by atoms with Gasteiger partial charge in [0.25, 0.3) is 0 Å². The third kappa shape index (κ3) is 5.27. The quantitative estimate of drug-likeness (QED) is 0.414. The van der Waals surface area contributed by atoms with E-state index in [2.05, 4.69) is 32.1 Å². The first-order valence-corrected chi connectivity index (χ1v) is 11.9. The average Bonchev–Trinajstić information content (AvgIpc) is 2.89. The van der Waals surface area contributed by atoms with Gasteiger partial charge in [0.15, 0.2) is 5.82 Å². The highest BCUT2D eigenvalue weighted by Crippen LogP contribution is 2.36. The predicted octanol–water partition coefficient (Wildman–Crippen LogP) is 4.30. The molecular formula is C27H28F2N6O. The maximum absolute atomic E-state index is 14.0. The molecule has 186 valence electrons. The molecule has 4 aromatic rings. The van der Waals surface area contributed by atoms with E-state index < -0.39 is 11.6 Å². The van der Waals surface area contributed by atoms with Crippen molar-refractivity contribution in [1.29, 1.82) is 0 Å². The number of hydrogen-bond donors (Lipinski definition) is 1. The molecule has 0 amide bonds. The molecule has 3 heterocycles. The van der Waals surface area contributed by atoms with E-state index in [1.807, 2.05) is 18.2 Å². The second kappa shape index (κ2) is 10.5. The Hall–Kier alpha value is -3.69. The van der Waals surface area contributed by atoms with Gasteiger partial charge in [0, 0.05) is 69.2 Å². The van der Waals surface area contributed by atoms with Crippen LogP contribution in [0.4, 0.5) is 14.6 Å². The van der Waals surface area contributed by atoms with Crippen molar-refractivity contribution >= 4 is 16.7 Å². The Morgan fingerprint density at radius 1 is 0.944 bits per heavy atom. The second-order valence-electron chi connectivity index (χ2n) is 8.91. The van der Waals surface area contributed by atoms with Crippen LogP contribution < -0.4 is 10.1 Å². The van der Waals surface area contributed by atoms with Gasteiger partial charge in [-0.25, -0.2) is 18.7 Å². The normalized spacial score (nSPS) is 14.8. The summed E-state index contributed by atoms with van der Waals surface area (Å²) in [5.74, 6) is 0.347. The minimum atomic E-state index is -0.639. The van der Waals surface area contributed by atoms with Crippen molar-refractivity contribution < 1.29 is 13.5 Å². The van der Waals surface area contributed by atoms with Crippen LogP contribution in [0.25, 0.3) is 33.4 Å². The van der Waals surface area contributed by atoms with Crippen LogP contribution in [0.5, 0.6) is 5.75 Å². The van der Waals surface area contributed by atoms with Gasteiger partial charge < -0.3 is 15.0 Å². The van der Waals surface area contributed by atoms with Crippen LogP contribution in [-0.2, 0) is 0 Å². The van der Waals surface area contributed by atoms with Gasteiger partial charge in [-0.3, -0.25) is 9.88 Å². The lowest BCUT2D eigenvalue weighted by Crippen LogP contribution is -2.45. The summed E-state index contributed by atoms with van der Waals surface area (Å²) in [7, 11) is 3.90. The zero-order chi connectivity index (χ0) is 25.1. The van der Waals surface area contributed by atoms with E-state index in [0.29, 0.717) is 46.0 Å². The van der Waals surface area contributed by atoms with Crippen LogP contribution in [0.15, 0.2) is 54.9 Å². The molecule has 9 heteroatoms. The highest BCUT2D eigenvalue weighted by molar-refractivity contribution is 5.97. The van der Waals surface area contributed by atoms with Crippen LogP contribution >= 0.6 is 0 Å². The summed E-state index contributed by atoms with van der Waals surface area (Å²) in [6.07, 6.45) is 3.40. The van der Waals surface area contributed by atoms with Gasteiger partial charge in [-0.05, 0) is 54.6 Å². The Kier molecular flexibility index (Phi) is 7.02. The SMILES string of the molecule is CNc1nc(-c2cccnc2)nc2c(OCCN3CCN(C)CC3)cc(-c3cc(F)cc(F)c3)cc12. The molecule has 7 nitrogen and oxygen atoms in total. The molecule has 1 N–H and O–H groups in total. The monoisotopic (exact) mass is 490 g/mol. The molecule has 0 aliphatic carbocycles. The highest BCUT2D eigenvalue weighted by Gasteiger charge is 2.18. The molecule has 1 aliphatic heterocycles. The van der Waals surface area contributed by atoms with Crippen molar-refractivity contribution in [2.75, 3.05) is 58.7 Å². The molecule has 36 heavy (non-hydrogen) atoms. The van der Waals surface area contributed by atoms with E-state index in [9.17, 15) is 8.78 Å². The van der Waals surface area contributed by atoms with E-state index >= 15 is 0 Å². The van der Waals surface area contributed by atoms with E-state index in [0.717, 1.165) is 44.4 Å². The number of likely N-dealkylation sites (N-methyl/N-ethyl adjacent to an activating group) is 1. The number of piperazine rings is 1. The molecule has 2 aromatic carbocycles. The number of fused-ring (bicyclic) bond motifs is 1. The first-order chi connectivity index (χ1) is 17.5. The summed E-state index contributed by atoms with van der Waals surface area (Å²) in [5, 5.41) is 3.83. The molecular weight excluding hydrogens is 462 g/mol. The Morgan fingerprint density at radius 2 is 1.69 bits per heavy atom. The number of anilines is 1. The molecule has 0 spiro atoms. The van der Waals surface area contributed by atoms with E-state index in [-0.39, 0.29) is 0 Å². The molecule has 2 aromatic heterocycles. The number of nitrogens with one attached hydrogen (secondary N) is 1. The number of pyridine rings is 1. The zero-order valence-corrected chi connectivity index (χ0v) is 20.3. The summed E-state index contributed by atoms with van der Waals surface area (Å²) in [5.41, 5.74) is 2.42. The lowest BCUT2D eigenvalue weighted by atomic mass is 10.0. The second-order valence-corrected chi connectivity index (χ2v) is 8.91. The Balaban J connectivity index is 1.57. The van der Waals surface area contributed by atoms with Crippen molar-refractivity contribution in [3.8, 4) is 28.3 Å². The van der Waals surface area contributed by atoms with Crippen molar-refractivity contribution in [1.82, 2.24) is 24.8 Å². The van der Waals surface area contributed by atoms with E-state index in [4.69, 9.17) is 9.72 Å². The molecule has 0 unspecified atom stereocenters. The van der Waals surface area contributed by atoms with Crippen LogP contribution in [0, 0.1) is 11.6 Å². The van der Waals surface area contributed by atoms with Crippen molar-refractivity contribution in [2.45, 2.75) is 0 Å². The first kappa shape index (κ1) is 24.0. The summed E-state index contributed by atoms with van der Waals surface area (Å²) in [6, 6.07) is 10.8. The lowest BCUT2D eigenvalue weighted by Gasteiger charge is -2.32. The maximum Gasteiger partial charge on any atom is 0.163 e. The van der Waals surface area contributed by atoms with Crippen LogP contribution in [0.1, 0.15) is 0 Å². The van der Waals surface area contributed by atoms with Gasteiger partial charge in [-0.2, -0.15) is 0 Å². The summed E-state index contributed by atoms with van der Waals surface area (Å²) in [6.45, 7) is 5.25. The Morgan fingerprint density at radius 3 is 2.39 bits per heavy atom. The molecule has 0 radical (unpaired) electrons. The molecule has 0 bridgehead atoms. The molecule has 1 saturated heterocycles. The number of aromatic nitrogens is 3.